The molecule has 1 aliphatic heterocycles. The Morgan fingerprint density at radius 3 is 2.62 bits per heavy atom. The summed E-state index contributed by atoms with van der Waals surface area (Å²) in [5.41, 5.74) is 1.24. The third-order valence-corrected chi connectivity index (χ3v) is 3.57. The fraction of sp³-hybridized carbons (Fsp3) is 0.417. The summed E-state index contributed by atoms with van der Waals surface area (Å²) in [5, 5.41) is -0.00239. The number of likely N-dealkylation sites (tertiary alicyclic amines) is 1. The first-order valence-electron chi connectivity index (χ1n) is 5.31. The second kappa shape index (κ2) is 5.19. The molecule has 0 saturated carbocycles. The monoisotopic (exact) mass is 301 g/mol. The molecule has 0 N–H and O–H groups in total. The first kappa shape index (κ1) is 11.9. The molecule has 1 aromatic carbocycles. The minimum Gasteiger partial charge on any atom is -0.341 e. The summed E-state index contributed by atoms with van der Waals surface area (Å²) < 4.78 is 1.08. The molecule has 0 radical (unpaired) electrons. The Balaban J connectivity index is 1.88. The molecule has 2 rings (SSSR count). The summed E-state index contributed by atoms with van der Waals surface area (Å²) in [4.78, 5) is 13.3. The minimum atomic E-state index is -0.00239. The van der Waals surface area contributed by atoms with Crippen molar-refractivity contribution in [3.8, 4) is 0 Å². The molecule has 4 heteroatoms. The summed E-state index contributed by atoms with van der Waals surface area (Å²) in [6.45, 7) is 1.46. The highest BCUT2D eigenvalue weighted by Crippen LogP contribution is 2.17. The third kappa shape index (κ3) is 2.98. The van der Waals surface area contributed by atoms with E-state index < -0.39 is 0 Å². The number of benzene rings is 1. The fourth-order valence-electron chi connectivity index (χ4n) is 1.86. The fourth-order valence-corrected chi connectivity index (χ4v) is 2.42. The van der Waals surface area contributed by atoms with Crippen molar-refractivity contribution < 1.29 is 4.79 Å². The van der Waals surface area contributed by atoms with Crippen LogP contribution in [0.15, 0.2) is 28.7 Å². The van der Waals surface area contributed by atoms with Crippen LogP contribution in [0.5, 0.6) is 0 Å². The number of alkyl halides is 1. The van der Waals surface area contributed by atoms with Crippen molar-refractivity contribution in [3.05, 3.63) is 34.3 Å². The number of carbonyl (C=O) groups is 1. The van der Waals surface area contributed by atoms with Crippen LogP contribution in [-0.4, -0.2) is 29.3 Å². The van der Waals surface area contributed by atoms with Crippen molar-refractivity contribution in [2.45, 2.75) is 18.2 Å². The van der Waals surface area contributed by atoms with E-state index in [9.17, 15) is 4.79 Å². The number of hydrogen-bond acceptors (Lipinski definition) is 1. The molecule has 1 saturated heterocycles. The predicted molar refractivity (Wildman–Crippen MR) is 68.7 cm³/mol. The number of nitrogens with zero attached hydrogens (tertiary/aromatic N) is 1. The van der Waals surface area contributed by atoms with Crippen LogP contribution >= 0.6 is 27.5 Å². The number of carbonyl (C=O) groups excluding carboxylic acids is 1. The topological polar surface area (TPSA) is 20.3 Å². The van der Waals surface area contributed by atoms with Crippen LogP contribution in [0.1, 0.15) is 12.0 Å². The Labute approximate surface area is 109 Å². The summed E-state index contributed by atoms with van der Waals surface area (Å²) in [6.07, 6.45) is 1.38. The molecule has 16 heavy (non-hydrogen) atoms. The zero-order valence-electron chi connectivity index (χ0n) is 8.83. The molecule has 1 aromatic rings. The van der Waals surface area contributed by atoms with E-state index in [1.165, 1.54) is 5.56 Å². The lowest BCUT2D eigenvalue weighted by atomic mass is 10.1. The molecule has 1 amide bonds. The molecule has 1 atom stereocenters. The van der Waals surface area contributed by atoms with Crippen LogP contribution in [0.2, 0.25) is 0 Å². The van der Waals surface area contributed by atoms with E-state index in [0.717, 1.165) is 17.4 Å². The number of halogens is 2. The first-order chi connectivity index (χ1) is 7.65. The lowest BCUT2D eigenvalue weighted by Crippen LogP contribution is -2.27. The quantitative estimate of drug-likeness (QED) is 0.786. The van der Waals surface area contributed by atoms with Crippen LogP contribution in [-0.2, 0) is 11.2 Å². The smallest absolute Gasteiger partial charge is 0.224 e. The maximum atomic E-state index is 11.5. The van der Waals surface area contributed by atoms with Gasteiger partial charge in [0.1, 0.15) is 0 Å². The van der Waals surface area contributed by atoms with Crippen molar-refractivity contribution in [2.75, 3.05) is 13.1 Å². The van der Waals surface area contributed by atoms with Gasteiger partial charge in [0, 0.05) is 24.0 Å². The van der Waals surface area contributed by atoms with E-state index in [-0.39, 0.29) is 11.3 Å². The zero-order valence-corrected chi connectivity index (χ0v) is 11.2. The molecular weight excluding hydrogens is 289 g/mol. The van der Waals surface area contributed by atoms with E-state index in [0.29, 0.717) is 13.0 Å². The van der Waals surface area contributed by atoms with Gasteiger partial charge in [-0.1, -0.05) is 28.1 Å². The maximum Gasteiger partial charge on any atom is 0.224 e. The normalized spacial score (nSPS) is 20.5. The molecule has 1 heterocycles. The van der Waals surface area contributed by atoms with E-state index in [1.54, 1.807) is 0 Å². The summed E-state index contributed by atoms with van der Waals surface area (Å²) in [6, 6.07) is 8.18. The SMILES string of the molecule is O=C1CC(Cl)CN1CCc1ccc(Br)cc1. The van der Waals surface area contributed by atoms with Crippen LogP contribution in [0.25, 0.3) is 0 Å². The van der Waals surface area contributed by atoms with Crippen LogP contribution < -0.4 is 0 Å². The van der Waals surface area contributed by atoms with E-state index in [4.69, 9.17) is 11.6 Å². The van der Waals surface area contributed by atoms with Gasteiger partial charge in [-0.15, -0.1) is 11.6 Å². The number of rotatable bonds is 3. The van der Waals surface area contributed by atoms with Gasteiger partial charge < -0.3 is 4.90 Å². The Morgan fingerprint density at radius 2 is 2.06 bits per heavy atom. The summed E-state index contributed by atoms with van der Waals surface area (Å²) in [5.74, 6) is 0.178. The molecule has 86 valence electrons. The van der Waals surface area contributed by atoms with Gasteiger partial charge in [0.2, 0.25) is 5.91 Å². The van der Waals surface area contributed by atoms with Gasteiger partial charge in [0.25, 0.3) is 0 Å². The lowest BCUT2D eigenvalue weighted by molar-refractivity contribution is -0.127. The zero-order chi connectivity index (χ0) is 11.5. The number of hydrogen-bond donors (Lipinski definition) is 0. The largest absolute Gasteiger partial charge is 0.341 e. The highest BCUT2D eigenvalue weighted by atomic mass is 79.9. The van der Waals surface area contributed by atoms with E-state index in [1.807, 2.05) is 17.0 Å². The van der Waals surface area contributed by atoms with Gasteiger partial charge in [-0.25, -0.2) is 0 Å². The Kier molecular flexibility index (Phi) is 3.87. The van der Waals surface area contributed by atoms with Crippen LogP contribution in [0.3, 0.4) is 0 Å². The molecule has 2 nitrogen and oxygen atoms in total. The molecular formula is C12H13BrClNO. The summed E-state index contributed by atoms with van der Waals surface area (Å²) >= 11 is 9.33. The maximum absolute atomic E-state index is 11.5. The first-order valence-corrected chi connectivity index (χ1v) is 6.54. The third-order valence-electron chi connectivity index (χ3n) is 2.75. The van der Waals surface area contributed by atoms with Gasteiger partial charge in [0.05, 0.1) is 5.38 Å². The van der Waals surface area contributed by atoms with Crippen molar-refractivity contribution in [2.24, 2.45) is 0 Å². The highest BCUT2D eigenvalue weighted by Gasteiger charge is 2.27. The molecule has 0 aliphatic carbocycles. The van der Waals surface area contributed by atoms with Crippen molar-refractivity contribution in [3.63, 3.8) is 0 Å². The molecule has 1 aliphatic rings. The van der Waals surface area contributed by atoms with Crippen molar-refractivity contribution in [1.82, 2.24) is 4.90 Å². The van der Waals surface area contributed by atoms with Crippen molar-refractivity contribution in [1.29, 1.82) is 0 Å². The van der Waals surface area contributed by atoms with Crippen LogP contribution in [0, 0.1) is 0 Å². The van der Waals surface area contributed by atoms with Gasteiger partial charge in [-0.05, 0) is 24.1 Å². The average molecular weight is 303 g/mol. The van der Waals surface area contributed by atoms with Gasteiger partial charge in [-0.3, -0.25) is 4.79 Å². The van der Waals surface area contributed by atoms with Gasteiger partial charge >= 0.3 is 0 Å². The van der Waals surface area contributed by atoms with Gasteiger partial charge in [-0.2, -0.15) is 0 Å². The second-order valence-corrected chi connectivity index (χ2v) is 5.55. The molecule has 1 unspecified atom stereocenters. The molecule has 1 fully saturated rings. The second-order valence-electron chi connectivity index (χ2n) is 4.02. The number of amides is 1. The Bertz CT molecular complexity index is 379. The van der Waals surface area contributed by atoms with Crippen LogP contribution in [0.4, 0.5) is 0 Å². The highest BCUT2D eigenvalue weighted by molar-refractivity contribution is 9.10. The van der Waals surface area contributed by atoms with Gasteiger partial charge in [0.15, 0.2) is 0 Å². The van der Waals surface area contributed by atoms with E-state index in [2.05, 4.69) is 28.1 Å². The van der Waals surface area contributed by atoms with E-state index >= 15 is 0 Å². The average Bonchev–Trinajstić information content (AvgIpc) is 2.57. The molecule has 0 aromatic heterocycles. The Morgan fingerprint density at radius 1 is 1.38 bits per heavy atom. The standard InChI is InChI=1S/C12H13BrClNO/c13-10-3-1-9(2-4-10)5-6-15-8-11(14)7-12(15)16/h1-4,11H,5-8H2. The molecule has 0 bridgehead atoms. The predicted octanol–water partition coefficient (Wildman–Crippen LogP) is 2.83. The van der Waals surface area contributed by atoms with Crippen molar-refractivity contribution >= 4 is 33.4 Å². The summed E-state index contributed by atoms with van der Waals surface area (Å²) in [7, 11) is 0. The minimum absolute atomic E-state index is 0.00239. The Hall–Kier alpha value is -0.540. The molecule has 0 spiro atoms. The lowest BCUT2D eigenvalue weighted by Gasteiger charge is -2.15.